The average molecular weight is 536 g/mol. The minimum absolute atomic E-state index is 0.00484. The molecule has 0 spiro atoms. The highest BCUT2D eigenvalue weighted by molar-refractivity contribution is 5.96. The van der Waals surface area contributed by atoms with E-state index in [1.165, 1.54) is 10.6 Å². The Hall–Kier alpha value is -3.96. The Kier molecular flexibility index (Phi) is 7.28. The van der Waals surface area contributed by atoms with Crippen molar-refractivity contribution in [3.63, 3.8) is 0 Å². The van der Waals surface area contributed by atoms with Crippen LogP contribution in [0.1, 0.15) is 55.5 Å². The van der Waals surface area contributed by atoms with Gasteiger partial charge in [0, 0.05) is 18.3 Å². The summed E-state index contributed by atoms with van der Waals surface area (Å²) in [5.74, 6) is -2.00. The first-order valence-electron chi connectivity index (χ1n) is 12.9. The van der Waals surface area contributed by atoms with Gasteiger partial charge in [0.15, 0.2) is 0 Å². The second-order valence-corrected chi connectivity index (χ2v) is 10.4. The normalized spacial score (nSPS) is 21.3. The maximum absolute atomic E-state index is 15.4. The third kappa shape index (κ3) is 5.19. The molecule has 5 rings (SSSR count). The van der Waals surface area contributed by atoms with Crippen molar-refractivity contribution in [2.45, 2.75) is 57.7 Å². The largest absolute Gasteiger partial charge is 0.391 e. The summed E-state index contributed by atoms with van der Waals surface area (Å²) in [6.45, 7) is 5.49. The zero-order chi connectivity index (χ0) is 27.8. The van der Waals surface area contributed by atoms with Crippen LogP contribution in [0.5, 0.6) is 0 Å². The molecule has 0 unspecified atom stereocenters. The van der Waals surface area contributed by atoms with E-state index in [-0.39, 0.29) is 35.2 Å². The van der Waals surface area contributed by atoms with Crippen LogP contribution in [0.25, 0.3) is 16.8 Å². The number of aliphatic hydroxyl groups excluding tert-OH is 1. The Morgan fingerprint density at radius 2 is 1.95 bits per heavy atom. The van der Waals surface area contributed by atoms with Gasteiger partial charge in [-0.15, -0.1) is 0 Å². The van der Waals surface area contributed by atoms with E-state index < -0.39 is 29.2 Å². The van der Waals surface area contributed by atoms with Crippen LogP contribution in [0, 0.1) is 17.6 Å². The molecular formula is C28H31F2N7O2. The highest BCUT2D eigenvalue weighted by atomic mass is 19.1. The number of benzene rings is 1. The first kappa shape index (κ1) is 26.6. The van der Waals surface area contributed by atoms with Crippen LogP contribution >= 0.6 is 0 Å². The van der Waals surface area contributed by atoms with Gasteiger partial charge in [-0.05, 0) is 74.4 Å². The quantitative estimate of drug-likeness (QED) is 0.292. The van der Waals surface area contributed by atoms with Crippen LogP contribution in [0.4, 0.5) is 20.4 Å². The van der Waals surface area contributed by atoms with Crippen molar-refractivity contribution in [1.29, 1.82) is 0 Å². The molecule has 1 aliphatic carbocycles. The molecule has 5 N–H and O–H groups in total. The number of amides is 1. The number of nitrogens with one attached hydrogen (secondary N) is 2. The first-order valence-corrected chi connectivity index (χ1v) is 12.9. The minimum atomic E-state index is -0.992. The molecule has 39 heavy (non-hydrogen) atoms. The SMILES string of the molecule is CC(C)NC(=O)c1ccc(F)c(-c2ccc3cnc(Nc4cnccc4[C@H]4C[C@@H](N)[C@H](O)[C@@H](C)C4)n3n2)c1F. The summed E-state index contributed by atoms with van der Waals surface area (Å²) >= 11 is 0. The van der Waals surface area contributed by atoms with Crippen LogP contribution in [-0.2, 0) is 0 Å². The summed E-state index contributed by atoms with van der Waals surface area (Å²) in [5.41, 5.74) is 7.81. The Balaban J connectivity index is 1.51. The number of nitrogens with zero attached hydrogens (tertiary/aromatic N) is 4. The molecule has 4 aromatic rings. The van der Waals surface area contributed by atoms with Gasteiger partial charge in [0.25, 0.3) is 5.91 Å². The van der Waals surface area contributed by atoms with Crippen LogP contribution in [0.2, 0.25) is 0 Å². The van der Waals surface area contributed by atoms with Crippen molar-refractivity contribution in [2.75, 3.05) is 5.32 Å². The van der Waals surface area contributed by atoms with Crippen molar-refractivity contribution < 1.29 is 18.7 Å². The highest BCUT2D eigenvalue weighted by Crippen LogP contribution is 2.39. The van der Waals surface area contributed by atoms with Gasteiger partial charge in [0.1, 0.15) is 11.6 Å². The van der Waals surface area contributed by atoms with E-state index in [0.717, 1.165) is 24.1 Å². The van der Waals surface area contributed by atoms with E-state index in [9.17, 15) is 14.3 Å². The number of fused-ring (bicyclic) bond motifs is 1. The maximum Gasteiger partial charge on any atom is 0.254 e. The molecule has 1 aromatic carbocycles. The van der Waals surface area contributed by atoms with E-state index in [0.29, 0.717) is 23.6 Å². The number of hydrogen-bond donors (Lipinski definition) is 4. The van der Waals surface area contributed by atoms with E-state index in [1.807, 2.05) is 13.0 Å². The van der Waals surface area contributed by atoms with Gasteiger partial charge >= 0.3 is 0 Å². The second kappa shape index (κ2) is 10.7. The monoisotopic (exact) mass is 535 g/mol. The minimum Gasteiger partial charge on any atom is -0.391 e. The molecule has 0 aliphatic heterocycles. The van der Waals surface area contributed by atoms with Gasteiger partial charge < -0.3 is 21.5 Å². The third-order valence-corrected chi connectivity index (χ3v) is 7.17. The number of anilines is 2. The Bertz CT molecular complexity index is 1510. The summed E-state index contributed by atoms with van der Waals surface area (Å²) in [7, 11) is 0. The number of aromatic nitrogens is 4. The molecule has 11 heteroatoms. The smallest absolute Gasteiger partial charge is 0.254 e. The van der Waals surface area contributed by atoms with E-state index in [2.05, 4.69) is 25.7 Å². The molecule has 1 aliphatic rings. The Morgan fingerprint density at radius 1 is 1.15 bits per heavy atom. The van der Waals surface area contributed by atoms with Crippen molar-refractivity contribution >= 4 is 23.1 Å². The molecule has 1 amide bonds. The number of halogens is 2. The molecule has 9 nitrogen and oxygen atoms in total. The molecule has 0 saturated heterocycles. The summed E-state index contributed by atoms with van der Waals surface area (Å²) in [6, 6.07) is 6.67. The predicted molar refractivity (Wildman–Crippen MR) is 144 cm³/mol. The third-order valence-electron chi connectivity index (χ3n) is 7.17. The van der Waals surface area contributed by atoms with E-state index in [4.69, 9.17) is 5.73 Å². The van der Waals surface area contributed by atoms with Gasteiger partial charge in [-0.2, -0.15) is 9.61 Å². The Labute approximate surface area is 224 Å². The summed E-state index contributed by atoms with van der Waals surface area (Å²) in [4.78, 5) is 21.1. The van der Waals surface area contributed by atoms with Crippen LogP contribution in [0.15, 0.2) is 48.9 Å². The van der Waals surface area contributed by atoms with E-state index in [1.54, 1.807) is 38.5 Å². The van der Waals surface area contributed by atoms with Crippen molar-refractivity contribution in [1.82, 2.24) is 24.9 Å². The number of nitrogens with two attached hydrogens (primary N) is 1. The zero-order valence-corrected chi connectivity index (χ0v) is 21.9. The molecule has 4 atom stereocenters. The fraction of sp³-hybridized carbons (Fsp3) is 0.357. The van der Waals surface area contributed by atoms with Crippen molar-refractivity contribution in [3.05, 3.63) is 71.7 Å². The van der Waals surface area contributed by atoms with Gasteiger partial charge in [-0.25, -0.2) is 13.8 Å². The molecule has 1 fully saturated rings. The lowest BCUT2D eigenvalue weighted by atomic mass is 9.74. The fourth-order valence-corrected chi connectivity index (χ4v) is 5.22. The molecule has 3 aromatic heterocycles. The molecular weight excluding hydrogens is 504 g/mol. The number of rotatable bonds is 6. The number of carbonyl (C=O) groups is 1. The van der Waals surface area contributed by atoms with Crippen molar-refractivity contribution in [3.8, 4) is 11.3 Å². The van der Waals surface area contributed by atoms with Gasteiger partial charge in [-0.1, -0.05) is 6.92 Å². The van der Waals surface area contributed by atoms with Crippen LogP contribution < -0.4 is 16.4 Å². The molecule has 3 heterocycles. The standard InChI is InChI=1S/C28H31F2N7O2/c1-14(2)34-27(39)19-5-6-20(29)24(25(19)30)22-7-4-17-12-33-28(37(17)36-22)35-23-13-32-9-8-18(23)16-10-15(3)26(38)21(31)11-16/h4-9,12-16,21,26,38H,10-11,31H2,1-3H3,(H,33,35)(H,34,39)/t15-,16+,21+,26+/m0/s1. The molecule has 204 valence electrons. The lowest BCUT2D eigenvalue weighted by Crippen LogP contribution is -2.44. The number of carbonyl (C=O) groups excluding carboxylic acids is 1. The fourth-order valence-electron chi connectivity index (χ4n) is 5.22. The van der Waals surface area contributed by atoms with E-state index >= 15 is 4.39 Å². The topological polar surface area (TPSA) is 130 Å². The average Bonchev–Trinajstić information content (AvgIpc) is 3.29. The molecule has 0 bridgehead atoms. The number of hydrogen-bond acceptors (Lipinski definition) is 7. The summed E-state index contributed by atoms with van der Waals surface area (Å²) in [5, 5.41) is 20.7. The number of aliphatic hydroxyl groups is 1. The number of pyridine rings is 1. The van der Waals surface area contributed by atoms with Crippen LogP contribution in [0.3, 0.4) is 0 Å². The predicted octanol–water partition coefficient (Wildman–Crippen LogP) is 4.15. The molecule has 1 saturated carbocycles. The lowest BCUT2D eigenvalue weighted by Gasteiger charge is -2.36. The highest BCUT2D eigenvalue weighted by Gasteiger charge is 2.34. The second-order valence-electron chi connectivity index (χ2n) is 10.4. The van der Waals surface area contributed by atoms with Crippen LogP contribution in [-0.4, -0.2) is 48.8 Å². The zero-order valence-electron chi connectivity index (χ0n) is 21.9. The van der Waals surface area contributed by atoms with Gasteiger partial charge in [-0.3, -0.25) is 9.78 Å². The molecule has 0 radical (unpaired) electrons. The van der Waals surface area contributed by atoms with Gasteiger partial charge in [0.2, 0.25) is 5.95 Å². The summed E-state index contributed by atoms with van der Waals surface area (Å²) < 4.78 is 31.8. The Morgan fingerprint density at radius 3 is 2.69 bits per heavy atom. The first-order chi connectivity index (χ1) is 18.6. The maximum atomic E-state index is 15.4. The van der Waals surface area contributed by atoms with Crippen molar-refractivity contribution in [2.24, 2.45) is 11.7 Å². The summed E-state index contributed by atoms with van der Waals surface area (Å²) in [6.07, 6.45) is 5.80. The van der Waals surface area contributed by atoms with Gasteiger partial charge in [0.05, 0.1) is 46.5 Å². The number of imidazole rings is 1. The lowest BCUT2D eigenvalue weighted by molar-refractivity contribution is 0.0521.